The summed E-state index contributed by atoms with van der Waals surface area (Å²) >= 11 is 0. The van der Waals surface area contributed by atoms with Gasteiger partial charge < -0.3 is 19.3 Å². The van der Waals surface area contributed by atoms with Gasteiger partial charge in [-0.2, -0.15) is 4.39 Å². The molecule has 0 saturated carbocycles. The number of hydrogen-bond acceptors (Lipinski definition) is 4. The van der Waals surface area contributed by atoms with Crippen LogP contribution in [-0.4, -0.2) is 24.8 Å². The highest BCUT2D eigenvalue weighted by molar-refractivity contribution is 6.15. The molecule has 0 atom stereocenters. The van der Waals surface area contributed by atoms with Gasteiger partial charge in [0, 0.05) is 0 Å². The Kier molecular flexibility index (Phi) is 7.16. The summed E-state index contributed by atoms with van der Waals surface area (Å²) in [4.78, 5) is 11.4. The third-order valence-electron chi connectivity index (χ3n) is 3.62. The van der Waals surface area contributed by atoms with Gasteiger partial charge in [0.05, 0.1) is 20.0 Å². The fraction of sp³-hybridized carbons (Fsp3) is 0.250. The average molecular weight is 378 g/mol. The third kappa shape index (κ3) is 4.97. The molecule has 2 rings (SSSR count). The van der Waals surface area contributed by atoms with Gasteiger partial charge in [-0.1, -0.05) is 31.2 Å². The number of benzene rings is 2. The fourth-order valence-electron chi connectivity index (χ4n) is 2.37. The van der Waals surface area contributed by atoms with E-state index in [1.54, 1.807) is 24.3 Å². The SMILES string of the molecule is CCCOc1c(F)ccc(OCc2ccccc2/C(=C\OC)C(=O)O)c1F. The molecule has 0 aliphatic rings. The second-order valence-corrected chi connectivity index (χ2v) is 5.56. The van der Waals surface area contributed by atoms with Crippen LogP contribution in [-0.2, 0) is 16.1 Å². The summed E-state index contributed by atoms with van der Waals surface area (Å²) in [5.74, 6) is -3.61. The highest BCUT2D eigenvalue weighted by Crippen LogP contribution is 2.31. The van der Waals surface area contributed by atoms with Gasteiger partial charge in [0.2, 0.25) is 5.82 Å². The Balaban J connectivity index is 2.28. The molecule has 1 N–H and O–H groups in total. The summed E-state index contributed by atoms with van der Waals surface area (Å²) in [7, 11) is 1.34. The second-order valence-electron chi connectivity index (χ2n) is 5.56. The molecule has 0 aliphatic carbocycles. The van der Waals surface area contributed by atoms with Gasteiger partial charge >= 0.3 is 5.97 Å². The lowest BCUT2D eigenvalue weighted by molar-refractivity contribution is -0.130. The van der Waals surface area contributed by atoms with Crippen molar-refractivity contribution in [1.29, 1.82) is 0 Å². The molecule has 2 aromatic rings. The summed E-state index contributed by atoms with van der Waals surface area (Å²) < 4.78 is 43.6. The molecule has 7 heteroatoms. The molecule has 0 unspecified atom stereocenters. The first-order valence-corrected chi connectivity index (χ1v) is 8.27. The number of hydrogen-bond donors (Lipinski definition) is 1. The molecular formula is C20H20F2O5. The number of ether oxygens (including phenoxy) is 3. The van der Waals surface area contributed by atoms with E-state index >= 15 is 0 Å². The fourth-order valence-corrected chi connectivity index (χ4v) is 2.37. The van der Waals surface area contributed by atoms with Gasteiger partial charge in [0.25, 0.3) is 0 Å². The van der Waals surface area contributed by atoms with Crippen LogP contribution < -0.4 is 9.47 Å². The zero-order valence-corrected chi connectivity index (χ0v) is 15.0. The van der Waals surface area contributed by atoms with Crippen LogP contribution in [0.4, 0.5) is 8.78 Å². The van der Waals surface area contributed by atoms with Crippen LogP contribution >= 0.6 is 0 Å². The van der Waals surface area contributed by atoms with E-state index in [-0.39, 0.29) is 24.5 Å². The van der Waals surface area contributed by atoms with Gasteiger partial charge in [-0.15, -0.1) is 0 Å². The first-order chi connectivity index (χ1) is 13.0. The van der Waals surface area contributed by atoms with Gasteiger partial charge in [-0.25, -0.2) is 9.18 Å². The molecule has 0 fully saturated rings. The van der Waals surface area contributed by atoms with Crippen LogP contribution in [0.5, 0.6) is 11.5 Å². The van der Waals surface area contributed by atoms with Crippen molar-refractivity contribution in [3.8, 4) is 11.5 Å². The largest absolute Gasteiger partial charge is 0.503 e. The third-order valence-corrected chi connectivity index (χ3v) is 3.62. The Morgan fingerprint density at radius 3 is 2.56 bits per heavy atom. The Morgan fingerprint density at radius 1 is 1.15 bits per heavy atom. The monoisotopic (exact) mass is 378 g/mol. The van der Waals surface area contributed by atoms with Crippen LogP contribution in [0.1, 0.15) is 24.5 Å². The van der Waals surface area contributed by atoms with Crippen molar-refractivity contribution in [2.75, 3.05) is 13.7 Å². The predicted octanol–water partition coefficient (Wildman–Crippen LogP) is 4.40. The molecule has 0 aromatic heterocycles. The zero-order valence-electron chi connectivity index (χ0n) is 15.0. The van der Waals surface area contributed by atoms with Gasteiger partial charge in [0.15, 0.2) is 17.3 Å². The molecule has 0 heterocycles. The maximum atomic E-state index is 14.5. The number of rotatable bonds is 9. The standard InChI is InChI=1S/C20H20F2O5/c1-3-10-26-19-16(21)8-9-17(18(19)22)27-11-13-6-4-5-7-14(13)15(12-25-2)20(23)24/h4-9,12H,3,10-11H2,1-2H3,(H,23,24)/b15-12+. The van der Waals surface area contributed by atoms with E-state index in [9.17, 15) is 18.7 Å². The summed E-state index contributed by atoms with van der Waals surface area (Å²) in [6, 6.07) is 8.83. The normalized spacial score (nSPS) is 11.2. The van der Waals surface area contributed by atoms with Crippen molar-refractivity contribution in [2.45, 2.75) is 20.0 Å². The minimum absolute atomic E-state index is 0.0664. The molecular weight excluding hydrogens is 358 g/mol. The predicted molar refractivity (Wildman–Crippen MR) is 95.5 cm³/mol. The quantitative estimate of drug-likeness (QED) is 0.517. The molecule has 5 nitrogen and oxygen atoms in total. The number of halogens is 2. The van der Waals surface area contributed by atoms with Gasteiger partial charge in [-0.3, -0.25) is 0 Å². The molecule has 2 aromatic carbocycles. The number of carbonyl (C=O) groups is 1. The zero-order chi connectivity index (χ0) is 19.8. The first kappa shape index (κ1) is 20.2. The first-order valence-electron chi connectivity index (χ1n) is 8.27. The number of methoxy groups -OCH3 is 1. The summed E-state index contributed by atoms with van der Waals surface area (Å²) in [5, 5.41) is 9.35. The van der Waals surface area contributed by atoms with Crippen molar-refractivity contribution in [3.05, 3.63) is 65.4 Å². The number of aliphatic carboxylic acids is 1. The summed E-state index contributed by atoms with van der Waals surface area (Å²) in [6.07, 6.45) is 1.71. The summed E-state index contributed by atoms with van der Waals surface area (Å²) in [6.45, 7) is 1.87. The molecule has 0 saturated heterocycles. The summed E-state index contributed by atoms with van der Waals surface area (Å²) in [5.41, 5.74) is 0.808. The topological polar surface area (TPSA) is 65.0 Å². The maximum Gasteiger partial charge on any atom is 0.339 e. The molecule has 0 aliphatic heterocycles. The molecule has 144 valence electrons. The van der Waals surface area contributed by atoms with E-state index in [4.69, 9.17) is 14.2 Å². The maximum absolute atomic E-state index is 14.5. The Hall–Kier alpha value is -3.09. The van der Waals surface area contributed by atoms with Crippen LogP contribution in [0.15, 0.2) is 42.7 Å². The van der Waals surface area contributed by atoms with E-state index < -0.39 is 23.4 Å². The Morgan fingerprint density at radius 2 is 1.89 bits per heavy atom. The van der Waals surface area contributed by atoms with Crippen LogP contribution in [0, 0.1) is 11.6 Å². The smallest absolute Gasteiger partial charge is 0.339 e. The molecule has 0 spiro atoms. The minimum Gasteiger partial charge on any atom is -0.503 e. The van der Waals surface area contributed by atoms with Gasteiger partial charge in [-0.05, 0) is 29.7 Å². The highest BCUT2D eigenvalue weighted by Gasteiger charge is 2.18. The molecule has 0 radical (unpaired) electrons. The van der Waals surface area contributed by atoms with Crippen LogP contribution in [0.3, 0.4) is 0 Å². The van der Waals surface area contributed by atoms with Crippen molar-refractivity contribution in [1.82, 2.24) is 0 Å². The van der Waals surface area contributed by atoms with E-state index in [0.717, 1.165) is 18.4 Å². The van der Waals surface area contributed by atoms with E-state index in [1.807, 2.05) is 6.92 Å². The number of carboxylic acid groups (broad SMARTS) is 1. The van der Waals surface area contributed by atoms with E-state index in [1.165, 1.54) is 7.11 Å². The van der Waals surface area contributed by atoms with E-state index in [0.29, 0.717) is 17.5 Å². The van der Waals surface area contributed by atoms with Crippen molar-refractivity contribution in [3.63, 3.8) is 0 Å². The van der Waals surface area contributed by atoms with Crippen molar-refractivity contribution < 1.29 is 32.9 Å². The van der Waals surface area contributed by atoms with Gasteiger partial charge in [0.1, 0.15) is 12.2 Å². The Labute approximate surface area is 155 Å². The van der Waals surface area contributed by atoms with E-state index in [2.05, 4.69) is 0 Å². The lowest BCUT2D eigenvalue weighted by Gasteiger charge is -2.14. The second kappa shape index (κ2) is 9.56. The molecule has 27 heavy (non-hydrogen) atoms. The minimum atomic E-state index is -1.17. The lowest BCUT2D eigenvalue weighted by atomic mass is 10.0. The lowest BCUT2D eigenvalue weighted by Crippen LogP contribution is -2.07. The molecule has 0 bridgehead atoms. The Bertz CT molecular complexity index is 833. The van der Waals surface area contributed by atoms with Crippen LogP contribution in [0.2, 0.25) is 0 Å². The van der Waals surface area contributed by atoms with Crippen LogP contribution in [0.25, 0.3) is 5.57 Å². The van der Waals surface area contributed by atoms with Crippen molar-refractivity contribution in [2.24, 2.45) is 0 Å². The van der Waals surface area contributed by atoms with Crippen molar-refractivity contribution >= 4 is 11.5 Å². The average Bonchev–Trinajstić information content (AvgIpc) is 2.65. The molecule has 0 amide bonds. The number of carboxylic acids is 1. The highest BCUT2D eigenvalue weighted by atomic mass is 19.1.